The van der Waals surface area contributed by atoms with Gasteiger partial charge in [0.05, 0.1) is 5.92 Å². The topological polar surface area (TPSA) is 45.2 Å². The van der Waals surface area contributed by atoms with Gasteiger partial charge in [-0.1, -0.05) is 61.8 Å². The van der Waals surface area contributed by atoms with E-state index in [4.69, 9.17) is 11.6 Å². The van der Waals surface area contributed by atoms with Crippen molar-refractivity contribution in [1.29, 1.82) is 0 Å². The predicted octanol–water partition coefficient (Wildman–Crippen LogP) is 4.96. The van der Waals surface area contributed by atoms with Crippen molar-refractivity contribution in [2.75, 3.05) is 19.6 Å². The van der Waals surface area contributed by atoms with Crippen molar-refractivity contribution >= 4 is 17.5 Å². The van der Waals surface area contributed by atoms with Crippen molar-refractivity contribution in [3.05, 3.63) is 64.4 Å². The number of fused-ring (bicyclic) bond motifs is 2. The molecule has 1 N–H and O–H groups in total. The molecule has 1 aromatic heterocycles. The molecule has 3 aliphatic rings. The highest BCUT2D eigenvalue weighted by Gasteiger charge is 2.52. The summed E-state index contributed by atoms with van der Waals surface area (Å²) in [5.41, 5.74) is 3.60. The Hall–Kier alpha value is -1.91. The SMILES string of the molecule is CC(C)C1CC(c2ccccc2)CCN1C(=O)[C@@H]1CNC[C@]12CCCc1nc(Cl)ccc12. The van der Waals surface area contributed by atoms with E-state index in [0.29, 0.717) is 22.9 Å². The third kappa shape index (κ3) is 3.76. The number of aromatic nitrogens is 1. The fourth-order valence-corrected chi connectivity index (χ4v) is 6.75. The zero-order chi connectivity index (χ0) is 22.3. The molecular formula is C27H34ClN3O. The van der Waals surface area contributed by atoms with E-state index in [1.807, 2.05) is 6.07 Å². The molecule has 0 bridgehead atoms. The second-order valence-corrected chi connectivity index (χ2v) is 10.7. The Morgan fingerprint density at radius 3 is 2.81 bits per heavy atom. The Kier molecular flexibility index (Phi) is 6.02. The number of carbonyl (C=O) groups is 1. The van der Waals surface area contributed by atoms with Crippen LogP contribution in [0.2, 0.25) is 5.15 Å². The van der Waals surface area contributed by atoms with Gasteiger partial charge in [-0.25, -0.2) is 4.98 Å². The molecule has 1 spiro atoms. The molecule has 1 amide bonds. The van der Waals surface area contributed by atoms with E-state index >= 15 is 0 Å². The van der Waals surface area contributed by atoms with Crippen LogP contribution >= 0.6 is 11.6 Å². The summed E-state index contributed by atoms with van der Waals surface area (Å²) in [6.45, 7) is 6.99. The molecule has 32 heavy (non-hydrogen) atoms. The minimum Gasteiger partial charge on any atom is -0.339 e. The number of hydrogen-bond acceptors (Lipinski definition) is 3. The lowest BCUT2D eigenvalue weighted by Gasteiger charge is -2.46. The third-order valence-electron chi connectivity index (χ3n) is 8.24. The molecular weight excluding hydrogens is 418 g/mol. The average molecular weight is 452 g/mol. The standard InChI is InChI=1S/C27H34ClN3O/c1-18(2)24-15-20(19-7-4-3-5-8-19)12-14-31(24)26(32)22-16-29-17-27(22)13-6-9-23-21(27)10-11-25(28)30-23/h3-5,7-8,10-11,18,20,22,24,29H,6,9,12-17H2,1-2H3/t20?,22-,24?,27-/m0/s1. The van der Waals surface area contributed by atoms with E-state index in [-0.39, 0.29) is 17.4 Å². The summed E-state index contributed by atoms with van der Waals surface area (Å²) in [5, 5.41) is 4.13. The Balaban J connectivity index is 1.42. The number of amides is 1. The van der Waals surface area contributed by atoms with Crippen molar-refractivity contribution in [2.45, 2.75) is 63.3 Å². The molecule has 2 aromatic rings. The third-order valence-corrected chi connectivity index (χ3v) is 8.45. The quantitative estimate of drug-likeness (QED) is 0.671. The molecule has 5 rings (SSSR count). The van der Waals surface area contributed by atoms with Crippen LogP contribution in [-0.4, -0.2) is 41.5 Å². The van der Waals surface area contributed by atoms with Crippen LogP contribution in [0, 0.1) is 11.8 Å². The Morgan fingerprint density at radius 2 is 2.03 bits per heavy atom. The molecule has 3 heterocycles. The number of hydrogen-bond donors (Lipinski definition) is 1. The van der Waals surface area contributed by atoms with Crippen LogP contribution in [0.5, 0.6) is 0 Å². The molecule has 0 saturated carbocycles. The predicted molar refractivity (Wildman–Crippen MR) is 129 cm³/mol. The minimum atomic E-state index is -0.153. The van der Waals surface area contributed by atoms with Crippen LogP contribution < -0.4 is 5.32 Å². The van der Waals surface area contributed by atoms with Crippen LogP contribution in [0.25, 0.3) is 0 Å². The average Bonchev–Trinajstić information content (AvgIpc) is 3.22. The first-order valence-corrected chi connectivity index (χ1v) is 12.6. The maximum Gasteiger partial charge on any atom is 0.228 e. The monoisotopic (exact) mass is 451 g/mol. The number of nitrogens with one attached hydrogen (secondary N) is 1. The van der Waals surface area contributed by atoms with Gasteiger partial charge in [-0.3, -0.25) is 4.79 Å². The summed E-state index contributed by atoms with van der Waals surface area (Å²) < 4.78 is 0. The van der Waals surface area contributed by atoms with Gasteiger partial charge in [0.25, 0.3) is 0 Å². The first-order valence-electron chi connectivity index (χ1n) is 12.2. The highest BCUT2D eigenvalue weighted by Crippen LogP contribution is 2.46. The Morgan fingerprint density at radius 1 is 1.22 bits per heavy atom. The van der Waals surface area contributed by atoms with Gasteiger partial charge in [0.15, 0.2) is 0 Å². The van der Waals surface area contributed by atoms with Gasteiger partial charge in [-0.2, -0.15) is 0 Å². The molecule has 4 atom stereocenters. The number of halogens is 1. The molecule has 2 fully saturated rings. The molecule has 0 radical (unpaired) electrons. The lowest BCUT2D eigenvalue weighted by molar-refractivity contribution is -0.142. The van der Waals surface area contributed by atoms with E-state index in [9.17, 15) is 4.79 Å². The fraction of sp³-hybridized carbons (Fsp3) is 0.556. The molecule has 2 saturated heterocycles. The number of nitrogens with zero attached hydrogens (tertiary/aromatic N) is 2. The number of carbonyl (C=O) groups excluding carboxylic acids is 1. The number of likely N-dealkylation sites (tertiary alicyclic amines) is 1. The van der Waals surface area contributed by atoms with Crippen LogP contribution in [0.3, 0.4) is 0 Å². The van der Waals surface area contributed by atoms with Crippen LogP contribution in [-0.2, 0) is 16.6 Å². The smallest absolute Gasteiger partial charge is 0.228 e. The van der Waals surface area contributed by atoms with Crippen LogP contribution in [0.1, 0.15) is 62.3 Å². The Labute approximate surface area is 196 Å². The van der Waals surface area contributed by atoms with E-state index in [2.05, 4.69) is 65.4 Å². The molecule has 1 aliphatic carbocycles. The second kappa shape index (κ2) is 8.79. The van der Waals surface area contributed by atoms with Crippen molar-refractivity contribution in [3.8, 4) is 0 Å². The normalized spacial score (nSPS) is 30.0. The number of aryl methyl sites for hydroxylation is 1. The molecule has 2 unspecified atom stereocenters. The van der Waals surface area contributed by atoms with Crippen molar-refractivity contribution < 1.29 is 4.79 Å². The molecule has 5 heteroatoms. The number of pyridine rings is 1. The lowest BCUT2D eigenvalue weighted by Crippen LogP contribution is -2.54. The van der Waals surface area contributed by atoms with Gasteiger partial charge < -0.3 is 10.2 Å². The second-order valence-electron chi connectivity index (χ2n) is 10.3. The van der Waals surface area contributed by atoms with Crippen molar-refractivity contribution in [1.82, 2.24) is 15.2 Å². The largest absolute Gasteiger partial charge is 0.339 e. The molecule has 2 aliphatic heterocycles. The summed E-state index contributed by atoms with van der Waals surface area (Å²) in [7, 11) is 0. The Bertz CT molecular complexity index is 978. The first-order chi connectivity index (χ1) is 15.5. The number of piperidine rings is 1. The highest BCUT2D eigenvalue weighted by atomic mass is 35.5. The van der Waals surface area contributed by atoms with Gasteiger partial charge in [-0.15, -0.1) is 0 Å². The fourth-order valence-electron chi connectivity index (χ4n) is 6.58. The van der Waals surface area contributed by atoms with Crippen LogP contribution in [0.4, 0.5) is 0 Å². The van der Waals surface area contributed by atoms with Crippen molar-refractivity contribution in [2.24, 2.45) is 11.8 Å². The highest BCUT2D eigenvalue weighted by molar-refractivity contribution is 6.29. The maximum atomic E-state index is 14.1. The summed E-state index contributed by atoms with van der Waals surface area (Å²) in [6.07, 6.45) is 5.15. The van der Waals surface area contributed by atoms with Crippen molar-refractivity contribution in [3.63, 3.8) is 0 Å². The number of rotatable bonds is 3. The van der Waals surface area contributed by atoms with Gasteiger partial charge >= 0.3 is 0 Å². The number of benzene rings is 1. The minimum absolute atomic E-state index is 0.0287. The van der Waals surface area contributed by atoms with Gasteiger partial charge in [0.2, 0.25) is 5.91 Å². The molecule has 170 valence electrons. The van der Waals surface area contributed by atoms with E-state index < -0.39 is 0 Å². The molecule has 4 nitrogen and oxygen atoms in total. The lowest BCUT2D eigenvalue weighted by atomic mass is 9.65. The van der Waals surface area contributed by atoms with Gasteiger partial charge in [0, 0.05) is 36.8 Å². The van der Waals surface area contributed by atoms with E-state index in [1.54, 1.807) is 0 Å². The maximum absolute atomic E-state index is 14.1. The van der Waals surface area contributed by atoms with Crippen LogP contribution in [0.15, 0.2) is 42.5 Å². The summed E-state index contributed by atoms with van der Waals surface area (Å²) >= 11 is 6.21. The first kappa shape index (κ1) is 21.9. The summed E-state index contributed by atoms with van der Waals surface area (Å²) in [4.78, 5) is 21.0. The van der Waals surface area contributed by atoms with Gasteiger partial charge in [-0.05, 0) is 61.1 Å². The molecule has 1 aromatic carbocycles. The zero-order valence-corrected chi connectivity index (χ0v) is 19.9. The summed E-state index contributed by atoms with van der Waals surface area (Å²) in [6, 6.07) is 15.1. The zero-order valence-electron chi connectivity index (χ0n) is 19.2. The van der Waals surface area contributed by atoms with Gasteiger partial charge in [0.1, 0.15) is 5.15 Å². The van der Waals surface area contributed by atoms with E-state index in [0.717, 1.165) is 57.4 Å². The van der Waals surface area contributed by atoms with E-state index in [1.165, 1.54) is 11.1 Å². The summed E-state index contributed by atoms with van der Waals surface area (Å²) in [5.74, 6) is 1.28.